The van der Waals surface area contributed by atoms with Crippen LogP contribution in [0.15, 0.2) is 0 Å². The van der Waals surface area contributed by atoms with Gasteiger partial charge in [0.15, 0.2) is 5.12 Å². The molecule has 0 amide bonds. The fourth-order valence-electron chi connectivity index (χ4n) is 1.50. The number of carbonyl (C=O) groups is 1. The third-order valence-corrected chi connectivity index (χ3v) is 5.26. The lowest BCUT2D eigenvalue weighted by atomic mass is 10.3. The highest BCUT2D eigenvalue weighted by molar-refractivity contribution is 8.13. The Hall–Kier alpha value is 0.330. The summed E-state index contributed by atoms with van der Waals surface area (Å²) in [5.41, 5.74) is 0. The van der Waals surface area contributed by atoms with Crippen molar-refractivity contribution in [1.82, 2.24) is 4.67 Å². The molecule has 0 radical (unpaired) electrons. The molecule has 0 fully saturated rings. The summed E-state index contributed by atoms with van der Waals surface area (Å²) in [6, 6.07) is 0.986. The largest absolute Gasteiger partial charge is 0.378 e. The maximum atomic E-state index is 11.4. The zero-order valence-corrected chi connectivity index (χ0v) is 15.5. The molecule has 0 saturated carbocycles. The number of nitrogens with zero attached hydrogens (tertiary/aromatic N) is 1. The summed E-state index contributed by atoms with van der Waals surface area (Å²) >= 11 is 1.35. The van der Waals surface area contributed by atoms with E-state index in [9.17, 15) is 4.79 Å². The van der Waals surface area contributed by atoms with Gasteiger partial charge in [0.1, 0.15) is 0 Å². The minimum absolute atomic E-state index is 0.0996. The van der Waals surface area contributed by atoms with Crippen molar-refractivity contribution >= 4 is 25.8 Å². The molecule has 0 aromatic rings. The Morgan fingerprint density at radius 2 is 1.65 bits per heavy atom. The highest BCUT2D eigenvalue weighted by atomic mass is 32.2. The zero-order valence-electron chi connectivity index (χ0n) is 13.6. The lowest BCUT2D eigenvalue weighted by Crippen LogP contribution is -2.29. The summed E-state index contributed by atoms with van der Waals surface area (Å²) in [6.07, 6.45) is 0. The van der Waals surface area contributed by atoms with Gasteiger partial charge in [-0.2, -0.15) is 0 Å². The topological polar surface area (TPSA) is 38.8 Å². The van der Waals surface area contributed by atoms with Gasteiger partial charge < -0.3 is 9.26 Å². The molecule has 0 rings (SSSR count). The summed E-state index contributed by atoms with van der Waals surface area (Å²) in [6.45, 7) is 14.3. The van der Waals surface area contributed by atoms with Gasteiger partial charge in [0.25, 0.3) is 0 Å². The SMILES string of the molecule is CC(C)C(=O)SCCOCCOPN(C(C)C)C(C)C. The highest BCUT2D eigenvalue weighted by Gasteiger charge is 2.13. The number of hydrogen-bond acceptors (Lipinski definition) is 5. The van der Waals surface area contributed by atoms with Gasteiger partial charge in [-0.15, -0.1) is 0 Å². The molecule has 0 bridgehead atoms. The van der Waals surface area contributed by atoms with Gasteiger partial charge >= 0.3 is 0 Å². The summed E-state index contributed by atoms with van der Waals surface area (Å²) in [5.74, 6) is 0.825. The van der Waals surface area contributed by atoms with Crippen LogP contribution >= 0.6 is 20.7 Å². The van der Waals surface area contributed by atoms with E-state index in [2.05, 4.69) is 32.4 Å². The van der Waals surface area contributed by atoms with E-state index in [0.717, 1.165) is 5.75 Å². The first-order valence-electron chi connectivity index (χ1n) is 7.26. The van der Waals surface area contributed by atoms with Gasteiger partial charge in [0.05, 0.1) is 28.8 Å². The molecule has 1 unspecified atom stereocenters. The Morgan fingerprint density at radius 3 is 2.15 bits per heavy atom. The first-order chi connectivity index (χ1) is 9.36. The molecular weight excluding hydrogens is 293 g/mol. The maximum Gasteiger partial charge on any atom is 0.191 e. The van der Waals surface area contributed by atoms with Crippen LogP contribution < -0.4 is 0 Å². The van der Waals surface area contributed by atoms with Gasteiger partial charge in [-0.05, 0) is 27.7 Å². The minimum Gasteiger partial charge on any atom is -0.378 e. The van der Waals surface area contributed by atoms with E-state index in [4.69, 9.17) is 9.26 Å². The standard InChI is InChI=1S/C14H30NO3PS/c1-11(2)14(16)20-10-9-17-7-8-18-19-15(12(3)4)13(5)6/h11-13,19H,7-10H2,1-6H3. The van der Waals surface area contributed by atoms with Crippen LogP contribution in [0.3, 0.4) is 0 Å². The number of hydrogen-bond donors (Lipinski definition) is 0. The predicted molar refractivity (Wildman–Crippen MR) is 89.5 cm³/mol. The Balaban J connectivity index is 3.47. The average Bonchev–Trinajstić information content (AvgIpc) is 2.35. The van der Waals surface area contributed by atoms with Crippen molar-refractivity contribution in [3.05, 3.63) is 0 Å². The molecule has 6 heteroatoms. The third kappa shape index (κ3) is 10.1. The van der Waals surface area contributed by atoms with Crippen LogP contribution in [-0.4, -0.2) is 47.4 Å². The molecule has 0 heterocycles. The molecule has 0 N–H and O–H groups in total. The smallest absolute Gasteiger partial charge is 0.191 e. The van der Waals surface area contributed by atoms with Crippen LogP contribution in [0.4, 0.5) is 0 Å². The van der Waals surface area contributed by atoms with Gasteiger partial charge in [-0.3, -0.25) is 9.46 Å². The first-order valence-corrected chi connectivity index (χ1v) is 9.10. The lowest BCUT2D eigenvalue weighted by Gasteiger charge is -2.29. The molecule has 0 aliphatic rings. The second-order valence-corrected chi connectivity index (χ2v) is 7.56. The second-order valence-electron chi connectivity index (χ2n) is 5.47. The Kier molecular flexibility index (Phi) is 12.1. The maximum absolute atomic E-state index is 11.4. The lowest BCUT2D eigenvalue weighted by molar-refractivity contribution is -0.113. The van der Waals surface area contributed by atoms with Gasteiger partial charge in [-0.1, -0.05) is 25.6 Å². The molecular formula is C14H30NO3PS. The minimum atomic E-state index is 0.0996. The van der Waals surface area contributed by atoms with Crippen LogP contribution in [0, 0.1) is 5.92 Å². The summed E-state index contributed by atoms with van der Waals surface area (Å²) in [4.78, 5) is 11.4. The van der Waals surface area contributed by atoms with Crippen LogP contribution in [0.25, 0.3) is 0 Å². The molecule has 0 spiro atoms. The Labute approximate surface area is 130 Å². The van der Waals surface area contributed by atoms with Crippen LogP contribution in [0.2, 0.25) is 0 Å². The number of rotatable bonds is 11. The van der Waals surface area contributed by atoms with E-state index >= 15 is 0 Å². The number of thioether (sulfide) groups is 1. The van der Waals surface area contributed by atoms with Gasteiger partial charge in [0, 0.05) is 23.8 Å². The van der Waals surface area contributed by atoms with Crippen molar-refractivity contribution in [2.75, 3.05) is 25.6 Å². The van der Waals surface area contributed by atoms with Crippen LogP contribution in [0.5, 0.6) is 0 Å². The Bertz CT molecular complexity index is 255. The number of ether oxygens (including phenoxy) is 1. The van der Waals surface area contributed by atoms with E-state index < -0.39 is 0 Å². The highest BCUT2D eigenvalue weighted by Crippen LogP contribution is 2.25. The third-order valence-electron chi connectivity index (χ3n) is 2.56. The molecule has 0 aromatic carbocycles. The molecule has 0 aromatic heterocycles. The van der Waals surface area contributed by atoms with Crippen LogP contribution in [-0.2, 0) is 14.1 Å². The van der Waals surface area contributed by atoms with Crippen molar-refractivity contribution in [1.29, 1.82) is 0 Å². The van der Waals surface area contributed by atoms with Crippen molar-refractivity contribution in [3.8, 4) is 0 Å². The van der Waals surface area contributed by atoms with E-state index in [-0.39, 0.29) is 11.0 Å². The molecule has 0 aliphatic heterocycles. The quantitative estimate of drug-likeness (QED) is 0.429. The van der Waals surface area contributed by atoms with Crippen molar-refractivity contribution in [2.24, 2.45) is 5.92 Å². The molecule has 120 valence electrons. The molecule has 0 saturated heterocycles. The monoisotopic (exact) mass is 323 g/mol. The van der Waals surface area contributed by atoms with Crippen molar-refractivity contribution in [2.45, 2.75) is 53.6 Å². The van der Waals surface area contributed by atoms with E-state index in [1.54, 1.807) is 0 Å². The average molecular weight is 323 g/mol. The van der Waals surface area contributed by atoms with E-state index in [1.165, 1.54) is 11.8 Å². The van der Waals surface area contributed by atoms with Gasteiger partial charge in [0.2, 0.25) is 0 Å². The zero-order chi connectivity index (χ0) is 15.5. The van der Waals surface area contributed by atoms with Crippen molar-refractivity contribution < 1.29 is 14.1 Å². The Morgan fingerprint density at radius 1 is 1.05 bits per heavy atom. The fourth-order valence-corrected chi connectivity index (χ4v) is 2.98. The molecule has 4 nitrogen and oxygen atoms in total. The van der Waals surface area contributed by atoms with Gasteiger partial charge in [-0.25, -0.2) is 0 Å². The molecule has 0 aliphatic carbocycles. The van der Waals surface area contributed by atoms with Crippen molar-refractivity contribution in [3.63, 3.8) is 0 Å². The van der Waals surface area contributed by atoms with Crippen LogP contribution in [0.1, 0.15) is 41.5 Å². The molecule has 1 atom stereocenters. The number of carbonyl (C=O) groups excluding carboxylic acids is 1. The summed E-state index contributed by atoms with van der Waals surface area (Å²) in [5, 5.41) is 0.232. The summed E-state index contributed by atoms with van der Waals surface area (Å²) < 4.78 is 13.4. The predicted octanol–water partition coefficient (Wildman–Crippen LogP) is 3.56. The molecule has 20 heavy (non-hydrogen) atoms. The normalized spacial score (nSPS) is 12.7. The van der Waals surface area contributed by atoms with E-state index in [0.29, 0.717) is 40.9 Å². The fraction of sp³-hybridized carbons (Fsp3) is 0.929. The summed E-state index contributed by atoms with van der Waals surface area (Å²) in [7, 11) is 0.383. The second kappa shape index (κ2) is 11.9. The van der Waals surface area contributed by atoms with E-state index in [1.807, 2.05) is 13.8 Å². The first kappa shape index (κ1) is 20.3.